The number of hydrogen-bond donors (Lipinski definition) is 1. The predicted octanol–water partition coefficient (Wildman–Crippen LogP) is 1.87. The summed E-state index contributed by atoms with van der Waals surface area (Å²) in [6.45, 7) is 2.61. The molecule has 2 rings (SSSR count). The van der Waals surface area contributed by atoms with Crippen LogP contribution >= 0.6 is 27.7 Å². The number of carboxylic acids is 1. The summed E-state index contributed by atoms with van der Waals surface area (Å²) in [7, 11) is 0. The zero-order valence-electron chi connectivity index (χ0n) is 9.80. The van der Waals surface area contributed by atoms with Crippen molar-refractivity contribution >= 4 is 39.6 Å². The van der Waals surface area contributed by atoms with Crippen molar-refractivity contribution in [2.24, 2.45) is 0 Å². The number of halogens is 1. The fourth-order valence-corrected chi connectivity index (χ4v) is 3.52. The highest BCUT2D eigenvalue weighted by Crippen LogP contribution is 2.25. The van der Waals surface area contributed by atoms with E-state index >= 15 is 0 Å². The highest BCUT2D eigenvalue weighted by Gasteiger charge is 2.35. The molecule has 1 amide bonds. The molecular formula is C11H13BrN2O3S. The van der Waals surface area contributed by atoms with Crippen LogP contribution in [0.25, 0.3) is 0 Å². The number of amides is 1. The smallest absolute Gasteiger partial charge is 0.327 e. The van der Waals surface area contributed by atoms with Crippen LogP contribution in [0.15, 0.2) is 16.7 Å². The van der Waals surface area contributed by atoms with Gasteiger partial charge in [-0.1, -0.05) is 0 Å². The summed E-state index contributed by atoms with van der Waals surface area (Å²) in [4.78, 5) is 24.9. The first-order chi connectivity index (χ1) is 8.54. The molecule has 1 fully saturated rings. The minimum Gasteiger partial charge on any atom is -0.480 e. The third kappa shape index (κ3) is 2.42. The molecule has 1 aromatic rings. The molecular weight excluding hydrogens is 320 g/mol. The Balaban J connectivity index is 2.27. The number of rotatable bonds is 3. The summed E-state index contributed by atoms with van der Waals surface area (Å²) >= 11 is 4.80. The summed E-state index contributed by atoms with van der Waals surface area (Å²) < 4.78 is 2.64. The second-order valence-electron chi connectivity index (χ2n) is 3.96. The maximum atomic E-state index is 12.4. The molecule has 1 aromatic heterocycles. The van der Waals surface area contributed by atoms with Crippen molar-refractivity contribution in [1.29, 1.82) is 0 Å². The maximum absolute atomic E-state index is 12.4. The van der Waals surface area contributed by atoms with Crippen molar-refractivity contribution in [1.82, 2.24) is 9.47 Å². The topological polar surface area (TPSA) is 62.5 Å². The van der Waals surface area contributed by atoms with E-state index in [0.717, 1.165) is 4.47 Å². The fraction of sp³-hybridized carbons (Fsp3) is 0.455. The molecule has 0 spiro atoms. The van der Waals surface area contributed by atoms with Crippen molar-refractivity contribution in [2.75, 3.05) is 11.6 Å². The van der Waals surface area contributed by atoms with Gasteiger partial charge in [0.15, 0.2) is 0 Å². The van der Waals surface area contributed by atoms with Crippen LogP contribution in [0.2, 0.25) is 0 Å². The van der Waals surface area contributed by atoms with Gasteiger partial charge >= 0.3 is 5.97 Å². The molecule has 1 atom stereocenters. The van der Waals surface area contributed by atoms with Gasteiger partial charge in [0, 0.05) is 23.0 Å². The Morgan fingerprint density at radius 3 is 2.94 bits per heavy atom. The number of aryl methyl sites for hydroxylation is 1. The van der Waals surface area contributed by atoms with Crippen LogP contribution in [0.1, 0.15) is 17.4 Å². The molecule has 2 heterocycles. The summed E-state index contributed by atoms with van der Waals surface area (Å²) in [6, 6.07) is 1.01. The van der Waals surface area contributed by atoms with Crippen molar-refractivity contribution < 1.29 is 14.7 Å². The number of carboxylic acid groups (broad SMARTS) is 1. The number of thioether (sulfide) groups is 1. The summed E-state index contributed by atoms with van der Waals surface area (Å²) in [5.41, 5.74) is 0.526. The summed E-state index contributed by atoms with van der Waals surface area (Å²) in [6.07, 6.45) is 1.83. The van der Waals surface area contributed by atoms with Gasteiger partial charge in [-0.2, -0.15) is 0 Å². The lowest BCUT2D eigenvalue weighted by atomic mass is 10.2. The molecule has 5 nitrogen and oxygen atoms in total. The van der Waals surface area contributed by atoms with Crippen LogP contribution in [0, 0.1) is 0 Å². The molecule has 0 aliphatic carbocycles. The Labute approximate surface area is 117 Å². The Hall–Kier alpha value is -0.950. The van der Waals surface area contributed by atoms with Gasteiger partial charge in [0.1, 0.15) is 11.7 Å². The second kappa shape index (κ2) is 5.36. The van der Waals surface area contributed by atoms with E-state index in [1.807, 2.05) is 17.7 Å². The molecule has 1 saturated heterocycles. The molecule has 0 bridgehead atoms. The Morgan fingerprint density at radius 1 is 1.61 bits per heavy atom. The van der Waals surface area contributed by atoms with Crippen LogP contribution in [0.5, 0.6) is 0 Å². The Bertz CT molecular complexity index is 489. The largest absolute Gasteiger partial charge is 0.480 e. The molecule has 0 saturated carbocycles. The first-order valence-corrected chi connectivity index (χ1v) is 7.46. The van der Waals surface area contributed by atoms with E-state index in [1.54, 1.807) is 6.07 Å². The van der Waals surface area contributed by atoms with E-state index in [-0.39, 0.29) is 5.91 Å². The van der Waals surface area contributed by atoms with Gasteiger partial charge in [0.05, 0.1) is 5.88 Å². The van der Waals surface area contributed by atoms with Crippen molar-refractivity contribution in [3.63, 3.8) is 0 Å². The molecule has 18 heavy (non-hydrogen) atoms. The lowest BCUT2D eigenvalue weighted by Gasteiger charge is -2.20. The molecule has 98 valence electrons. The van der Waals surface area contributed by atoms with Gasteiger partial charge in [-0.15, -0.1) is 11.8 Å². The highest BCUT2D eigenvalue weighted by atomic mass is 79.9. The molecule has 0 radical (unpaired) electrons. The third-order valence-corrected chi connectivity index (χ3v) is 4.30. The normalized spacial score (nSPS) is 19.2. The first-order valence-electron chi connectivity index (χ1n) is 5.51. The number of carbonyl (C=O) groups excluding carboxylic acids is 1. The van der Waals surface area contributed by atoms with Gasteiger partial charge in [-0.05, 0) is 28.9 Å². The summed E-state index contributed by atoms with van der Waals surface area (Å²) in [5, 5.41) is 9.09. The van der Waals surface area contributed by atoms with E-state index in [4.69, 9.17) is 5.11 Å². The van der Waals surface area contributed by atoms with E-state index in [1.165, 1.54) is 16.7 Å². The minimum absolute atomic E-state index is 0.222. The van der Waals surface area contributed by atoms with E-state index in [9.17, 15) is 9.59 Å². The van der Waals surface area contributed by atoms with Crippen LogP contribution in [0.4, 0.5) is 0 Å². The molecule has 1 unspecified atom stereocenters. The van der Waals surface area contributed by atoms with Crippen molar-refractivity contribution in [3.05, 3.63) is 22.4 Å². The zero-order chi connectivity index (χ0) is 13.3. The van der Waals surface area contributed by atoms with Gasteiger partial charge < -0.3 is 14.6 Å². The number of hydrogen-bond acceptors (Lipinski definition) is 3. The number of aromatic nitrogens is 1. The van der Waals surface area contributed by atoms with Crippen molar-refractivity contribution in [3.8, 4) is 0 Å². The zero-order valence-corrected chi connectivity index (χ0v) is 12.2. The van der Waals surface area contributed by atoms with Crippen LogP contribution in [0.3, 0.4) is 0 Å². The van der Waals surface area contributed by atoms with E-state index in [0.29, 0.717) is 23.9 Å². The predicted molar refractivity (Wildman–Crippen MR) is 72.7 cm³/mol. The number of nitrogens with zero attached hydrogens (tertiary/aromatic N) is 2. The molecule has 1 N–H and O–H groups in total. The quantitative estimate of drug-likeness (QED) is 0.917. The van der Waals surface area contributed by atoms with Gasteiger partial charge in [0.2, 0.25) is 0 Å². The lowest BCUT2D eigenvalue weighted by molar-refractivity contribution is -0.140. The van der Waals surface area contributed by atoms with E-state index in [2.05, 4.69) is 15.9 Å². The monoisotopic (exact) mass is 332 g/mol. The highest BCUT2D eigenvalue weighted by molar-refractivity contribution is 9.10. The minimum atomic E-state index is -0.943. The lowest BCUT2D eigenvalue weighted by Crippen LogP contribution is -2.42. The fourth-order valence-electron chi connectivity index (χ4n) is 1.91. The molecule has 1 aliphatic rings. The van der Waals surface area contributed by atoms with Crippen LogP contribution in [-0.4, -0.2) is 44.1 Å². The maximum Gasteiger partial charge on any atom is 0.327 e. The number of aliphatic carboxylic acids is 1. The van der Waals surface area contributed by atoms with Crippen molar-refractivity contribution in [2.45, 2.75) is 19.5 Å². The van der Waals surface area contributed by atoms with Gasteiger partial charge in [-0.25, -0.2) is 4.79 Å². The first kappa shape index (κ1) is 13.5. The molecule has 1 aliphatic heterocycles. The van der Waals surface area contributed by atoms with Crippen LogP contribution in [-0.2, 0) is 11.3 Å². The average molecular weight is 333 g/mol. The standard InChI is InChI=1S/C11H13BrN2O3S/c1-2-13-4-7(12)3-8(13)10(15)14-6-18-5-9(14)11(16)17/h3-4,9H,2,5-6H2,1H3,(H,16,17). The SMILES string of the molecule is CCn1cc(Br)cc1C(=O)N1CSCC1C(=O)O. The Kier molecular flexibility index (Phi) is 4.01. The summed E-state index contributed by atoms with van der Waals surface area (Å²) in [5.74, 6) is -0.279. The third-order valence-electron chi connectivity index (χ3n) is 2.85. The number of carbonyl (C=O) groups is 2. The Morgan fingerprint density at radius 2 is 2.33 bits per heavy atom. The second-order valence-corrected chi connectivity index (χ2v) is 5.87. The average Bonchev–Trinajstić information content (AvgIpc) is 2.93. The van der Waals surface area contributed by atoms with Gasteiger partial charge in [0.25, 0.3) is 5.91 Å². The molecule has 7 heteroatoms. The van der Waals surface area contributed by atoms with E-state index < -0.39 is 12.0 Å². The molecule has 0 aromatic carbocycles. The van der Waals surface area contributed by atoms with Gasteiger partial charge in [-0.3, -0.25) is 4.79 Å². The van der Waals surface area contributed by atoms with Crippen LogP contribution < -0.4 is 0 Å².